The van der Waals surface area contributed by atoms with Crippen molar-refractivity contribution in [3.05, 3.63) is 29.0 Å². The molecule has 72 valence electrons. The summed E-state index contributed by atoms with van der Waals surface area (Å²) in [5.41, 5.74) is 3.69. The normalized spacial score (nSPS) is 10.8. The standard InChI is InChI=1S/C11H12N2O/c1-7-4-9(6-14)11-10(5-7)8(2)12-13(11)3/h4-6H,1-3H3. The zero-order valence-electron chi connectivity index (χ0n) is 8.53. The summed E-state index contributed by atoms with van der Waals surface area (Å²) in [7, 11) is 1.86. The molecule has 0 spiro atoms. The molecule has 3 nitrogen and oxygen atoms in total. The van der Waals surface area contributed by atoms with E-state index in [-0.39, 0.29) is 0 Å². The van der Waals surface area contributed by atoms with E-state index in [0.717, 1.165) is 28.4 Å². The molecule has 2 rings (SSSR count). The first-order valence-electron chi connectivity index (χ1n) is 4.52. The number of nitrogens with zero attached hydrogens (tertiary/aromatic N) is 2. The molecule has 0 N–H and O–H groups in total. The van der Waals surface area contributed by atoms with Crippen molar-refractivity contribution in [3.8, 4) is 0 Å². The Labute approximate surface area is 82.3 Å². The highest BCUT2D eigenvalue weighted by molar-refractivity contribution is 5.97. The number of hydrogen-bond donors (Lipinski definition) is 0. The second-order valence-electron chi connectivity index (χ2n) is 3.58. The van der Waals surface area contributed by atoms with Crippen LogP contribution in [0.3, 0.4) is 0 Å². The molecule has 0 unspecified atom stereocenters. The van der Waals surface area contributed by atoms with Gasteiger partial charge in [-0.15, -0.1) is 0 Å². The van der Waals surface area contributed by atoms with Gasteiger partial charge in [0.1, 0.15) is 0 Å². The van der Waals surface area contributed by atoms with E-state index in [2.05, 4.69) is 11.2 Å². The van der Waals surface area contributed by atoms with Gasteiger partial charge in [-0.3, -0.25) is 9.48 Å². The molecule has 14 heavy (non-hydrogen) atoms. The van der Waals surface area contributed by atoms with Crippen LogP contribution >= 0.6 is 0 Å². The van der Waals surface area contributed by atoms with Gasteiger partial charge in [0, 0.05) is 18.0 Å². The topological polar surface area (TPSA) is 34.9 Å². The number of hydrogen-bond acceptors (Lipinski definition) is 2. The van der Waals surface area contributed by atoms with Crippen molar-refractivity contribution in [2.75, 3.05) is 0 Å². The Morgan fingerprint density at radius 3 is 2.71 bits per heavy atom. The third-order valence-corrected chi connectivity index (χ3v) is 2.42. The van der Waals surface area contributed by atoms with Crippen LogP contribution in [0.5, 0.6) is 0 Å². The van der Waals surface area contributed by atoms with Crippen molar-refractivity contribution in [2.45, 2.75) is 13.8 Å². The molecule has 0 bridgehead atoms. The summed E-state index contributed by atoms with van der Waals surface area (Å²) in [4.78, 5) is 10.9. The molecule has 0 fully saturated rings. The SMILES string of the molecule is Cc1cc(C=O)c2c(c1)c(C)nn2C. The summed E-state index contributed by atoms with van der Waals surface area (Å²) in [5.74, 6) is 0. The van der Waals surface area contributed by atoms with E-state index in [1.807, 2.05) is 27.0 Å². The first kappa shape index (κ1) is 8.94. The Bertz CT molecular complexity index is 511. The molecule has 0 aliphatic carbocycles. The molecule has 0 saturated heterocycles. The molecule has 0 aliphatic heterocycles. The van der Waals surface area contributed by atoms with E-state index in [9.17, 15) is 4.79 Å². The van der Waals surface area contributed by atoms with Crippen LogP contribution in [0.2, 0.25) is 0 Å². The van der Waals surface area contributed by atoms with Gasteiger partial charge in [-0.1, -0.05) is 0 Å². The maximum Gasteiger partial charge on any atom is 0.152 e. The van der Waals surface area contributed by atoms with Crippen LogP contribution in [0.15, 0.2) is 12.1 Å². The van der Waals surface area contributed by atoms with Crippen molar-refractivity contribution < 1.29 is 4.79 Å². The van der Waals surface area contributed by atoms with E-state index >= 15 is 0 Å². The predicted octanol–water partition coefficient (Wildman–Crippen LogP) is 2.00. The Hall–Kier alpha value is -1.64. The van der Waals surface area contributed by atoms with Gasteiger partial charge in [0.15, 0.2) is 6.29 Å². The summed E-state index contributed by atoms with van der Waals surface area (Å²) >= 11 is 0. The Morgan fingerprint density at radius 1 is 1.36 bits per heavy atom. The van der Waals surface area contributed by atoms with Gasteiger partial charge >= 0.3 is 0 Å². The van der Waals surface area contributed by atoms with Gasteiger partial charge < -0.3 is 0 Å². The monoisotopic (exact) mass is 188 g/mol. The van der Waals surface area contributed by atoms with Crippen LogP contribution in [0.4, 0.5) is 0 Å². The van der Waals surface area contributed by atoms with E-state index in [1.165, 1.54) is 0 Å². The molecule has 1 aromatic carbocycles. The van der Waals surface area contributed by atoms with Gasteiger partial charge in [-0.2, -0.15) is 5.10 Å². The zero-order chi connectivity index (χ0) is 10.3. The molecule has 0 aliphatic rings. The van der Waals surface area contributed by atoms with Crippen LogP contribution in [-0.2, 0) is 7.05 Å². The zero-order valence-corrected chi connectivity index (χ0v) is 8.53. The van der Waals surface area contributed by atoms with Crippen LogP contribution in [-0.4, -0.2) is 16.1 Å². The van der Waals surface area contributed by atoms with Crippen molar-refractivity contribution >= 4 is 17.2 Å². The van der Waals surface area contributed by atoms with Crippen molar-refractivity contribution in [3.63, 3.8) is 0 Å². The molecule has 3 heteroatoms. The number of carbonyl (C=O) groups excluding carboxylic acids is 1. The summed E-state index contributed by atoms with van der Waals surface area (Å²) in [5, 5.41) is 5.36. The third-order valence-electron chi connectivity index (χ3n) is 2.42. The van der Waals surface area contributed by atoms with Crippen molar-refractivity contribution in [1.82, 2.24) is 9.78 Å². The minimum absolute atomic E-state index is 0.711. The molecule has 0 amide bonds. The lowest BCUT2D eigenvalue weighted by molar-refractivity contribution is 0.112. The van der Waals surface area contributed by atoms with Crippen molar-refractivity contribution in [1.29, 1.82) is 0 Å². The predicted molar refractivity (Wildman–Crippen MR) is 55.6 cm³/mol. The maximum absolute atomic E-state index is 10.9. The number of benzene rings is 1. The van der Waals surface area contributed by atoms with E-state index in [0.29, 0.717) is 5.56 Å². The lowest BCUT2D eigenvalue weighted by atomic mass is 10.1. The lowest BCUT2D eigenvalue weighted by Gasteiger charge is -2.00. The molecular formula is C11H12N2O. The number of fused-ring (bicyclic) bond motifs is 1. The number of rotatable bonds is 1. The fourth-order valence-corrected chi connectivity index (χ4v) is 1.86. The molecule has 1 heterocycles. The minimum Gasteiger partial charge on any atom is -0.298 e. The quantitative estimate of drug-likeness (QED) is 0.641. The summed E-state index contributed by atoms with van der Waals surface area (Å²) < 4.78 is 1.76. The highest BCUT2D eigenvalue weighted by atomic mass is 16.1. The summed E-state index contributed by atoms with van der Waals surface area (Å²) in [6, 6.07) is 3.95. The highest BCUT2D eigenvalue weighted by Crippen LogP contribution is 2.22. The van der Waals surface area contributed by atoms with E-state index in [4.69, 9.17) is 0 Å². The van der Waals surface area contributed by atoms with Gasteiger partial charge in [0.2, 0.25) is 0 Å². The number of aryl methyl sites for hydroxylation is 3. The largest absolute Gasteiger partial charge is 0.298 e. The Balaban J connectivity index is 2.97. The maximum atomic E-state index is 10.9. The molecule has 0 atom stereocenters. The van der Waals surface area contributed by atoms with Crippen molar-refractivity contribution in [2.24, 2.45) is 7.05 Å². The van der Waals surface area contributed by atoms with Gasteiger partial charge in [0.25, 0.3) is 0 Å². The third kappa shape index (κ3) is 1.13. The highest BCUT2D eigenvalue weighted by Gasteiger charge is 2.09. The fourth-order valence-electron chi connectivity index (χ4n) is 1.86. The average Bonchev–Trinajstić information content (AvgIpc) is 2.41. The molecule has 0 saturated carbocycles. The van der Waals surface area contributed by atoms with Crippen LogP contribution < -0.4 is 0 Å². The fraction of sp³-hybridized carbons (Fsp3) is 0.273. The van der Waals surface area contributed by atoms with Gasteiger partial charge in [-0.05, 0) is 31.5 Å². The number of aromatic nitrogens is 2. The molecule has 2 aromatic rings. The summed E-state index contributed by atoms with van der Waals surface area (Å²) in [6.07, 6.45) is 0.885. The Kier molecular flexibility index (Phi) is 1.88. The minimum atomic E-state index is 0.711. The molecule has 1 aromatic heterocycles. The average molecular weight is 188 g/mol. The first-order chi connectivity index (χ1) is 6.63. The van der Waals surface area contributed by atoms with E-state index < -0.39 is 0 Å². The molecular weight excluding hydrogens is 176 g/mol. The first-order valence-corrected chi connectivity index (χ1v) is 4.52. The van der Waals surface area contributed by atoms with Gasteiger partial charge in [0.05, 0.1) is 11.2 Å². The van der Waals surface area contributed by atoms with Crippen LogP contribution in [0.1, 0.15) is 21.6 Å². The lowest BCUT2D eigenvalue weighted by Crippen LogP contribution is -1.94. The van der Waals surface area contributed by atoms with Gasteiger partial charge in [-0.25, -0.2) is 0 Å². The van der Waals surface area contributed by atoms with Crippen LogP contribution in [0.25, 0.3) is 10.9 Å². The van der Waals surface area contributed by atoms with Crippen LogP contribution in [0, 0.1) is 13.8 Å². The Morgan fingerprint density at radius 2 is 2.07 bits per heavy atom. The molecule has 0 radical (unpaired) electrons. The second-order valence-corrected chi connectivity index (χ2v) is 3.58. The van der Waals surface area contributed by atoms with E-state index in [1.54, 1.807) is 4.68 Å². The second kappa shape index (κ2) is 2.94. The summed E-state index contributed by atoms with van der Waals surface area (Å²) in [6.45, 7) is 3.94. The number of aldehydes is 1. The number of carbonyl (C=O) groups is 1. The smallest absolute Gasteiger partial charge is 0.152 e.